The van der Waals surface area contributed by atoms with Crippen molar-refractivity contribution in [3.63, 3.8) is 0 Å². The Labute approximate surface area is 104 Å². The molecule has 0 bridgehead atoms. The van der Waals surface area contributed by atoms with Crippen molar-refractivity contribution in [2.24, 2.45) is 0 Å². The number of hydrogen-bond donors (Lipinski definition) is 1. The number of benzene rings is 1. The zero-order chi connectivity index (χ0) is 12.8. The Bertz CT molecular complexity index is 592. The fourth-order valence-corrected chi connectivity index (χ4v) is 3.12. The smallest absolute Gasteiger partial charge is 0.336 e. The first kappa shape index (κ1) is 12.4. The van der Waals surface area contributed by atoms with Crippen LogP contribution in [-0.2, 0) is 15.5 Å². The third-order valence-electron chi connectivity index (χ3n) is 3.09. The van der Waals surface area contributed by atoms with Crippen molar-refractivity contribution >= 4 is 25.7 Å². The summed E-state index contributed by atoms with van der Waals surface area (Å²) >= 11 is 0. The summed E-state index contributed by atoms with van der Waals surface area (Å²) < 4.78 is 22.5. The van der Waals surface area contributed by atoms with E-state index in [1.165, 1.54) is 6.07 Å². The molecule has 4 nitrogen and oxygen atoms in total. The topological polar surface area (TPSA) is 71.4 Å². The molecule has 1 unspecified atom stereocenters. The Morgan fingerprint density at radius 3 is 2.65 bits per heavy atom. The summed E-state index contributed by atoms with van der Waals surface area (Å²) in [4.78, 5) is 11.0. The van der Waals surface area contributed by atoms with Gasteiger partial charge in [-0.2, -0.15) is 0 Å². The minimum absolute atomic E-state index is 0.0479. The monoisotopic (exact) mass is 274 g/mol. The van der Waals surface area contributed by atoms with Gasteiger partial charge in [0.1, 0.15) is 0 Å². The van der Waals surface area contributed by atoms with E-state index in [2.05, 4.69) is 0 Å². The molecule has 0 aromatic heterocycles. The molecule has 0 saturated carbocycles. The molecule has 0 spiro atoms. The van der Waals surface area contributed by atoms with Crippen molar-refractivity contribution in [2.75, 3.05) is 0 Å². The molecule has 0 amide bonds. The second kappa shape index (κ2) is 3.99. The second-order valence-electron chi connectivity index (χ2n) is 4.23. The number of rotatable bonds is 2. The second-order valence-corrected chi connectivity index (χ2v) is 6.79. The maximum Gasteiger partial charge on any atom is 0.336 e. The molecule has 2 rings (SSSR count). The maximum atomic E-state index is 11.3. The first-order chi connectivity index (χ1) is 7.80. The van der Waals surface area contributed by atoms with E-state index in [0.29, 0.717) is 6.42 Å². The van der Waals surface area contributed by atoms with E-state index >= 15 is 0 Å². The zero-order valence-corrected chi connectivity index (χ0v) is 10.7. The summed E-state index contributed by atoms with van der Waals surface area (Å²) in [6.45, 7) is 1.94. The average Bonchev–Trinajstić information content (AvgIpc) is 2.58. The summed E-state index contributed by atoms with van der Waals surface area (Å²) in [5.74, 6) is -0.972. The summed E-state index contributed by atoms with van der Waals surface area (Å²) in [7, 11) is 1.36. The number of fused-ring (bicyclic) bond motifs is 1. The molecular weight excluding hydrogens is 264 g/mol. The van der Waals surface area contributed by atoms with Gasteiger partial charge in [0.15, 0.2) is 0 Å². The predicted octanol–water partition coefficient (Wildman–Crippen LogP) is 2.36. The van der Waals surface area contributed by atoms with Gasteiger partial charge in [-0.1, -0.05) is 6.92 Å². The van der Waals surface area contributed by atoms with Crippen LogP contribution >= 0.6 is 10.7 Å². The standard InChI is InChI=1S/C11H11ClO4S/c1-6-2-3-7-4-8(17(12,15)16)5-9(10(6)7)11(13)14/h4-6H,2-3H2,1H3,(H,13,14). The van der Waals surface area contributed by atoms with Crippen molar-refractivity contribution in [1.29, 1.82) is 0 Å². The van der Waals surface area contributed by atoms with Gasteiger partial charge in [0.25, 0.3) is 9.05 Å². The van der Waals surface area contributed by atoms with Crippen LogP contribution in [0.4, 0.5) is 0 Å². The number of carboxylic acids is 1. The van der Waals surface area contributed by atoms with E-state index in [9.17, 15) is 13.2 Å². The van der Waals surface area contributed by atoms with Gasteiger partial charge in [-0.25, -0.2) is 13.2 Å². The molecule has 6 heteroatoms. The average molecular weight is 275 g/mol. The zero-order valence-electron chi connectivity index (χ0n) is 9.10. The van der Waals surface area contributed by atoms with Gasteiger partial charge in [-0.05, 0) is 42.0 Å². The lowest BCUT2D eigenvalue weighted by Gasteiger charge is -2.10. The van der Waals surface area contributed by atoms with E-state index < -0.39 is 15.0 Å². The van der Waals surface area contributed by atoms with Crippen LogP contribution in [0, 0.1) is 0 Å². The van der Waals surface area contributed by atoms with E-state index in [1.54, 1.807) is 0 Å². The minimum Gasteiger partial charge on any atom is -0.478 e. The van der Waals surface area contributed by atoms with Crippen LogP contribution in [0.1, 0.15) is 40.7 Å². The molecule has 92 valence electrons. The van der Waals surface area contributed by atoms with E-state index in [4.69, 9.17) is 15.8 Å². The van der Waals surface area contributed by atoms with E-state index in [0.717, 1.165) is 23.6 Å². The largest absolute Gasteiger partial charge is 0.478 e. The molecule has 0 radical (unpaired) electrons. The molecule has 0 fully saturated rings. The molecular formula is C11H11ClO4S. The van der Waals surface area contributed by atoms with E-state index in [1.807, 2.05) is 6.92 Å². The number of halogens is 1. The fraction of sp³-hybridized carbons (Fsp3) is 0.364. The van der Waals surface area contributed by atoms with Crippen LogP contribution in [0.2, 0.25) is 0 Å². The number of aryl methyl sites for hydroxylation is 1. The van der Waals surface area contributed by atoms with E-state index in [-0.39, 0.29) is 16.4 Å². The Morgan fingerprint density at radius 2 is 2.12 bits per heavy atom. The summed E-state index contributed by atoms with van der Waals surface area (Å²) in [5, 5.41) is 9.12. The predicted molar refractivity (Wildman–Crippen MR) is 63.2 cm³/mol. The highest BCUT2D eigenvalue weighted by Crippen LogP contribution is 2.37. The lowest BCUT2D eigenvalue weighted by atomic mass is 9.97. The van der Waals surface area contributed by atoms with Gasteiger partial charge < -0.3 is 5.11 Å². The maximum absolute atomic E-state index is 11.3. The van der Waals surface area contributed by atoms with Crippen LogP contribution in [0.15, 0.2) is 17.0 Å². The molecule has 0 heterocycles. The molecule has 17 heavy (non-hydrogen) atoms. The minimum atomic E-state index is -3.89. The quantitative estimate of drug-likeness (QED) is 0.841. The Hall–Kier alpha value is -1.07. The first-order valence-corrected chi connectivity index (χ1v) is 7.46. The van der Waals surface area contributed by atoms with Crippen LogP contribution in [0.3, 0.4) is 0 Å². The number of carboxylic acid groups (broad SMARTS) is 1. The molecule has 1 N–H and O–H groups in total. The van der Waals surface area contributed by atoms with Gasteiger partial charge in [-0.15, -0.1) is 0 Å². The summed E-state index contributed by atoms with van der Waals surface area (Å²) in [6, 6.07) is 2.62. The molecule has 1 aromatic rings. The first-order valence-electron chi connectivity index (χ1n) is 5.15. The highest BCUT2D eigenvalue weighted by atomic mass is 35.7. The van der Waals surface area contributed by atoms with Gasteiger partial charge >= 0.3 is 5.97 Å². The highest BCUT2D eigenvalue weighted by molar-refractivity contribution is 8.13. The Balaban J connectivity index is 2.73. The third kappa shape index (κ3) is 2.17. The lowest BCUT2D eigenvalue weighted by Crippen LogP contribution is -2.06. The van der Waals surface area contributed by atoms with Crippen LogP contribution in [-0.4, -0.2) is 19.5 Å². The molecule has 1 aromatic carbocycles. The van der Waals surface area contributed by atoms with Crippen LogP contribution < -0.4 is 0 Å². The summed E-state index contributed by atoms with van der Waals surface area (Å²) in [5.41, 5.74) is 1.56. The molecule has 0 saturated heterocycles. The lowest BCUT2D eigenvalue weighted by molar-refractivity contribution is 0.0695. The van der Waals surface area contributed by atoms with Crippen molar-refractivity contribution in [3.8, 4) is 0 Å². The Morgan fingerprint density at radius 1 is 1.47 bits per heavy atom. The molecule has 1 atom stereocenters. The number of carbonyl (C=O) groups is 1. The normalized spacial score (nSPS) is 19.1. The van der Waals surface area contributed by atoms with Crippen molar-refractivity contribution in [3.05, 3.63) is 28.8 Å². The molecule has 1 aliphatic rings. The van der Waals surface area contributed by atoms with Crippen molar-refractivity contribution in [1.82, 2.24) is 0 Å². The van der Waals surface area contributed by atoms with Crippen LogP contribution in [0.25, 0.3) is 0 Å². The van der Waals surface area contributed by atoms with Gasteiger partial charge in [0.2, 0.25) is 0 Å². The molecule has 1 aliphatic carbocycles. The van der Waals surface area contributed by atoms with Gasteiger partial charge in [0, 0.05) is 10.7 Å². The van der Waals surface area contributed by atoms with Crippen LogP contribution in [0.5, 0.6) is 0 Å². The number of aromatic carboxylic acids is 1. The van der Waals surface area contributed by atoms with Gasteiger partial charge in [0.05, 0.1) is 10.5 Å². The molecule has 0 aliphatic heterocycles. The Kier molecular flexibility index (Phi) is 2.91. The van der Waals surface area contributed by atoms with Crippen molar-refractivity contribution < 1.29 is 18.3 Å². The SMILES string of the molecule is CC1CCc2cc(S(=O)(=O)Cl)cc(C(=O)O)c21. The number of hydrogen-bond acceptors (Lipinski definition) is 3. The third-order valence-corrected chi connectivity index (χ3v) is 4.42. The van der Waals surface area contributed by atoms with Gasteiger partial charge in [-0.3, -0.25) is 0 Å². The fourth-order valence-electron chi connectivity index (χ4n) is 2.31. The van der Waals surface area contributed by atoms with Crippen molar-refractivity contribution in [2.45, 2.75) is 30.6 Å². The highest BCUT2D eigenvalue weighted by Gasteiger charge is 2.27. The summed E-state index contributed by atoms with van der Waals surface area (Å²) in [6.07, 6.45) is 1.53.